The maximum absolute atomic E-state index is 11.9. The maximum atomic E-state index is 11.9. The normalized spacial score (nSPS) is 27.2. The van der Waals surface area contributed by atoms with Gasteiger partial charge in [-0.1, -0.05) is 12.8 Å². The second kappa shape index (κ2) is 6.57. The lowest BCUT2D eigenvalue weighted by atomic mass is 9.97. The molecular formula is C12H23ClN2O2. The van der Waals surface area contributed by atoms with Gasteiger partial charge < -0.3 is 15.8 Å². The van der Waals surface area contributed by atoms with Crippen LogP contribution in [0.2, 0.25) is 0 Å². The Labute approximate surface area is 109 Å². The van der Waals surface area contributed by atoms with Gasteiger partial charge in [0.2, 0.25) is 5.91 Å². The molecule has 0 radical (unpaired) electrons. The van der Waals surface area contributed by atoms with Crippen LogP contribution in [0.25, 0.3) is 0 Å². The zero-order chi connectivity index (χ0) is 11.4. The second-order valence-electron chi connectivity index (χ2n) is 5.16. The lowest BCUT2D eigenvalue weighted by Gasteiger charge is -2.26. The predicted molar refractivity (Wildman–Crippen MR) is 69.2 cm³/mol. The lowest BCUT2D eigenvalue weighted by Crippen LogP contribution is -2.53. The average molecular weight is 263 g/mol. The molecule has 5 heteroatoms. The number of ether oxygens (including phenoxy) is 1. The molecule has 0 aromatic rings. The smallest absolute Gasteiger partial charge is 0.240 e. The zero-order valence-corrected chi connectivity index (χ0v) is 11.1. The van der Waals surface area contributed by atoms with Crippen molar-refractivity contribution in [2.24, 2.45) is 11.7 Å². The Hall–Kier alpha value is -0.320. The average Bonchev–Trinajstić information content (AvgIpc) is 2.76. The molecule has 4 nitrogen and oxygen atoms in total. The SMILES string of the molecule is Cl.NC1(C(=O)NCC2CCCOC2)CCCC1. The molecule has 100 valence electrons. The van der Waals surface area contributed by atoms with Crippen LogP contribution in [0, 0.1) is 5.92 Å². The summed E-state index contributed by atoms with van der Waals surface area (Å²) in [5.41, 5.74) is 5.49. The summed E-state index contributed by atoms with van der Waals surface area (Å²) in [6, 6.07) is 0. The van der Waals surface area contributed by atoms with Gasteiger partial charge in [-0.25, -0.2) is 0 Å². The van der Waals surface area contributed by atoms with Crippen LogP contribution in [0.3, 0.4) is 0 Å². The van der Waals surface area contributed by atoms with E-state index in [0.29, 0.717) is 5.92 Å². The monoisotopic (exact) mass is 262 g/mol. The van der Waals surface area contributed by atoms with Crippen molar-refractivity contribution >= 4 is 18.3 Å². The molecule has 1 heterocycles. The van der Waals surface area contributed by atoms with Gasteiger partial charge in [0.25, 0.3) is 0 Å². The van der Waals surface area contributed by atoms with Crippen molar-refractivity contribution in [2.45, 2.75) is 44.1 Å². The first kappa shape index (κ1) is 14.7. The molecule has 0 aromatic carbocycles. The van der Waals surface area contributed by atoms with Crippen molar-refractivity contribution in [2.75, 3.05) is 19.8 Å². The zero-order valence-electron chi connectivity index (χ0n) is 10.2. The summed E-state index contributed by atoms with van der Waals surface area (Å²) in [5, 5.41) is 2.99. The minimum absolute atomic E-state index is 0. The lowest BCUT2D eigenvalue weighted by molar-refractivity contribution is -0.126. The highest BCUT2D eigenvalue weighted by atomic mass is 35.5. The molecule has 1 saturated heterocycles. The van der Waals surface area contributed by atoms with E-state index in [1.807, 2.05) is 0 Å². The van der Waals surface area contributed by atoms with Crippen LogP contribution in [-0.4, -0.2) is 31.2 Å². The third-order valence-corrected chi connectivity index (χ3v) is 3.75. The third kappa shape index (κ3) is 3.83. The van der Waals surface area contributed by atoms with Crippen LogP contribution in [0.5, 0.6) is 0 Å². The number of amides is 1. The molecular weight excluding hydrogens is 240 g/mol. The third-order valence-electron chi connectivity index (χ3n) is 3.75. The van der Waals surface area contributed by atoms with Gasteiger partial charge in [-0.05, 0) is 31.6 Å². The van der Waals surface area contributed by atoms with Crippen LogP contribution >= 0.6 is 12.4 Å². The molecule has 2 rings (SSSR count). The maximum Gasteiger partial charge on any atom is 0.240 e. The number of nitrogens with one attached hydrogen (secondary N) is 1. The fourth-order valence-electron chi connectivity index (χ4n) is 2.61. The van der Waals surface area contributed by atoms with Crippen molar-refractivity contribution in [1.82, 2.24) is 5.32 Å². The Balaban J connectivity index is 0.00000144. The topological polar surface area (TPSA) is 64.4 Å². The van der Waals surface area contributed by atoms with Gasteiger partial charge in [0.15, 0.2) is 0 Å². The van der Waals surface area contributed by atoms with Crippen LogP contribution in [0.1, 0.15) is 38.5 Å². The number of nitrogens with two attached hydrogens (primary N) is 1. The minimum atomic E-state index is -0.588. The molecule has 1 unspecified atom stereocenters. The van der Waals surface area contributed by atoms with E-state index in [1.165, 1.54) is 0 Å². The number of hydrogen-bond acceptors (Lipinski definition) is 3. The molecule has 1 saturated carbocycles. The largest absolute Gasteiger partial charge is 0.381 e. The predicted octanol–water partition coefficient (Wildman–Crippen LogP) is 1.22. The first-order chi connectivity index (χ1) is 7.71. The molecule has 2 fully saturated rings. The first-order valence-electron chi connectivity index (χ1n) is 6.36. The molecule has 0 bridgehead atoms. The van der Waals surface area contributed by atoms with Crippen LogP contribution < -0.4 is 11.1 Å². The molecule has 1 amide bonds. The van der Waals surface area contributed by atoms with E-state index in [2.05, 4.69) is 5.32 Å². The Bertz CT molecular complexity index is 249. The summed E-state index contributed by atoms with van der Waals surface area (Å²) in [5.74, 6) is 0.512. The van der Waals surface area contributed by atoms with E-state index in [-0.39, 0.29) is 18.3 Å². The van der Waals surface area contributed by atoms with Crippen molar-refractivity contribution in [1.29, 1.82) is 0 Å². The first-order valence-corrected chi connectivity index (χ1v) is 6.36. The Morgan fingerprint density at radius 3 is 2.65 bits per heavy atom. The standard InChI is InChI=1S/C12H22N2O2.ClH/c13-12(5-1-2-6-12)11(15)14-8-10-4-3-7-16-9-10;/h10H,1-9,13H2,(H,14,15);1H. The van der Waals surface area contributed by atoms with Gasteiger partial charge in [0.1, 0.15) is 0 Å². The van der Waals surface area contributed by atoms with Gasteiger partial charge >= 0.3 is 0 Å². The fourth-order valence-corrected chi connectivity index (χ4v) is 2.61. The highest BCUT2D eigenvalue weighted by molar-refractivity contribution is 5.86. The van der Waals surface area contributed by atoms with E-state index < -0.39 is 5.54 Å². The van der Waals surface area contributed by atoms with Crippen LogP contribution in [-0.2, 0) is 9.53 Å². The second-order valence-corrected chi connectivity index (χ2v) is 5.16. The van der Waals surface area contributed by atoms with Gasteiger partial charge in [0.05, 0.1) is 12.1 Å². The fraction of sp³-hybridized carbons (Fsp3) is 0.917. The molecule has 17 heavy (non-hydrogen) atoms. The number of hydrogen-bond donors (Lipinski definition) is 2. The number of halogens is 1. The van der Waals surface area contributed by atoms with Crippen LogP contribution in [0.15, 0.2) is 0 Å². The van der Waals surface area contributed by atoms with Gasteiger partial charge in [-0.2, -0.15) is 0 Å². The van der Waals surface area contributed by atoms with Gasteiger partial charge in [0, 0.05) is 13.2 Å². The van der Waals surface area contributed by atoms with E-state index >= 15 is 0 Å². The highest BCUT2D eigenvalue weighted by Crippen LogP contribution is 2.27. The van der Waals surface area contributed by atoms with Gasteiger partial charge in [-0.3, -0.25) is 4.79 Å². The quantitative estimate of drug-likeness (QED) is 0.804. The number of carbonyl (C=O) groups excluding carboxylic acids is 1. The summed E-state index contributed by atoms with van der Waals surface area (Å²) in [7, 11) is 0. The minimum Gasteiger partial charge on any atom is -0.381 e. The molecule has 1 aliphatic heterocycles. The Morgan fingerprint density at radius 1 is 1.35 bits per heavy atom. The highest BCUT2D eigenvalue weighted by Gasteiger charge is 2.36. The van der Waals surface area contributed by atoms with E-state index in [9.17, 15) is 4.79 Å². The molecule has 3 N–H and O–H groups in total. The molecule has 2 aliphatic rings. The summed E-state index contributed by atoms with van der Waals surface area (Å²) in [6.45, 7) is 2.36. The summed E-state index contributed by atoms with van der Waals surface area (Å²) >= 11 is 0. The Kier molecular flexibility index (Phi) is 5.70. The van der Waals surface area contributed by atoms with E-state index in [1.54, 1.807) is 0 Å². The molecule has 0 aromatic heterocycles. The number of carbonyl (C=O) groups is 1. The molecule has 1 aliphatic carbocycles. The summed E-state index contributed by atoms with van der Waals surface area (Å²) in [6.07, 6.45) is 6.08. The Morgan fingerprint density at radius 2 is 2.06 bits per heavy atom. The summed E-state index contributed by atoms with van der Waals surface area (Å²) in [4.78, 5) is 11.9. The van der Waals surface area contributed by atoms with Gasteiger partial charge in [-0.15, -0.1) is 12.4 Å². The van der Waals surface area contributed by atoms with Crippen molar-refractivity contribution in [3.05, 3.63) is 0 Å². The van der Waals surface area contributed by atoms with Crippen molar-refractivity contribution in [3.8, 4) is 0 Å². The van der Waals surface area contributed by atoms with E-state index in [0.717, 1.165) is 58.3 Å². The molecule has 1 atom stereocenters. The van der Waals surface area contributed by atoms with Crippen molar-refractivity contribution in [3.63, 3.8) is 0 Å². The summed E-state index contributed by atoms with van der Waals surface area (Å²) < 4.78 is 5.38. The van der Waals surface area contributed by atoms with E-state index in [4.69, 9.17) is 10.5 Å². The molecule has 0 spiro atoms. The number of rotatable bonds is 3. The van der Waals surface area contributed by atoms with Crippen LogP contribution in [0.4, 0.5) is 0 Å². The van der Waals surface area contributed by atoms with Crippen molar-refractivity contribution < 1.29 is 9.53 Å².